The zero-order valence-corrected chi connectivity index (χ0v) is 11.9. The Morgan fingerprint density at radius 3 is 2.41 bits per heavy atom. The molecule has 0 aromatic carbocycles. The summed E-state index contributed by atoms with van der Waals surface area (Å²) in [6, 6.07) is -0.976. The predicted molar refractivity (Wildman–Crippen MR) is 69.4 cm³/mol. The Kier molecular flexibility index (Phi) is 6.23. The number of ether oxygens (including phenoxy) is 1. The molecule has 0 aliphatic carbocycles. The minimum atomic E-state index is -2.60. The molecule has 1 rings (SSSR count). The van der Waals surface area contributed by atoms with Gasteiger partial charge in [0.05, 0.1) is 12.6 Å². The average molecular weight is 323 g/mol. The first-order valence-electron chi connectivity index (χ1n) is 6.67. The monoisotopic (exact) mass is 323 g/mol. The maximum absolute atomic E-state index is 11.3. The van der Waals surface area contributed by atoms with Gasteiger partial charge in [0.25, 0.3) is 5.79 Å². The van der Waals surface area contributed by atoms with E-state index >= 15 is 0 Å². The van der Waals surface area contributed by atoms with E-state index in [1.807, 2.05) is 0 Å². The number of rotatable bonds is 6. The van der Waals surface area contributed by atoms with Crippen LogP contribution in [0.5, 0.6) is 0 Å². The van der Waals surface area contributed by atoms with Gasteiger partial charge in [-0.25, -0.2) is 4.79 Å². The Bertz CT molecular complexity index is 417. The SMILES string of the molecule is C[C@H]1CC(O)(C(=O)O)OC([C@H](O)[C@H](O)CO)[C@@H]1NC(=O)CO. The van der Waals surface area contributed by atoms with Crippen molar-refractivity contribution in [2.75, 3.05) is 13.2 Å². The minimum absolute atomic E-state index is 0.378. The molecular weight excluding hydrogens is 302 g/mol. The predicted octanol–water partition coefficient (Wildman–Crippen LogP) is -3.62. The number of aliphatic hydroxyl groups excluding tert-OH is 4. The normalized spacial score (nSPS) is 34.7. The summed E-state index contributed by atoms with van der Waals surface area (Å²) in [5.74, 6) is -5.73. The van der Waals surface area contributed by atoms with Gasteiger partial charge in [-0.1, -0.05) is 6.92 Å². The van der Waals surface area contributed by atoms with Gasteiger partial charge in [-0.05, 0) is 5.92 Å². The molecule has 1 aliphatic rings. The standard InChI is InChI=1S/C12H21NO9/c1-5-2-12(21,11(19)20)22-10(9(18)6(16)3-14)8(5)13-7(17)4-15/h5-6,8-10,14-16,18,21H,2-4H2,1H3,(H,13,17)(H,19,20)/t5-,6+,8+,9+,10?,12?/m0/s1. The smallest absolute Gasteiger partial charge is 0.364 e. The molecule has 2 unspecified atom stereocenters. The van der Waals surface area contributed by atoms with Crippen molar-refractivity contribution in [2.24, 2.45) is 5.92 Å². The van der Waals surface area contributed by atoms with Gasteiger partial charge in [0.2, 0.25) is 5.91 Å². The zero-order valence-electron chi connectivity index (χ0n) is 11.9. The summed E-state index contributed by atoms with van der Waals surface area (Å²) in [4.78, 5) is 22.5. The number of hydrogen-bond acceptors (Lipinski definition) is 8. The second kappa shape index (κ2) is 7.31. The molecule has 1 heterocycles. The van der Waals surface area contributed by atoms with Crippen molar-refractivity contribution in [3.63, 3.8) is 0 Å². The first-order chi connectivity index (χ1) is 10.2. The topological polar surface area (TPSA) is 177 Å². The van der Waals surface area contributed by atoms with Crippen molar-refractivity contribution in [1.82, 2.24) is 5.32 Å². The van der Waals surface area contributed by atoms with Gasteiger partial charge >= 0.3 is 5.97 Å². The van der Waals surface area contributed by atoms with Crippen LogP contribution in [0.25, 0.3) is 0 Å². The molecule has 0 radical (unpaired) electrons. The second-order valence-corrected chi connectivity index (χ2v) is 5.35. The number of hydrogen-bond donors (Lipinski definition) is 7. The fraction of sp³-hybridized carbons (Fsp3) is 0.833. The highest BCUT2D eigenvalue weighted by Crippen LogP contribution is 2.33. The third-order valence-electron chi connectivity index (χ3n) is 3.62. The lowest BCUT2D eigenvalue weighted by molar-refractivity contribution is -0.288. The number of nitrogens with one attached hydrogen (secondary N) is 1. The van der Waals surface area contributed by atoms with Crippen LogP contribution in [0.4, 0.5) is 0 Å². The molecule has 0 aromatic rings. The molecule has 0 bridgehead atoms. The summed E-state index contributed by atoms with van der Waals surface area (Å²) in [6.07, 6.45) is -5.30. The molecule has 1 aliphatic heterocycles. The highest BCUT2D eigenvalue weighted by Gasteiger charge is 2.52. The highest BCUT2D eigenvalue weighted by atomic mass is 16.7. The van der Waals surface area contributed by atoms with E-state index in [2.05, 4.69) is 5.32 Å². The van der Waals surface area contributed by atoms with E-state index in [1.165, 1.54) is 6.92 Å². The number of aliphatic hydroxyl groups is 5. The first kappa shape index (κ1) is 18.7. The quantitative estimate of drug-likeness (QED) is 0.260. The first-order valence-corrected chi connectivity index (χ1v) is 6.67. The molecule has 10 nitrogen and oxygen atoms in total. The molecule has 1 saturated heterocycles. The van der Waals surface area contributed by atoms with E-state index in [0.29, 0.717) is 0 Å². The van der Waals surface area contributed by atoms with Crippen LogP contribution in [-0.4, -0.2) is 85.9 Å². The van der Waals surface area contributed by atoms with Crippen molar-refractivity contribution in [3.8, 4) is 0 Å². The number of amides is 1. The van der Waals surface area contributed by atoms with Crippen molar-refractivity contribution in [2.45, 2.75) is 43.5 Å². The number of carbonyl (C=O) groups is 2. The van der Waals surface area contributed by atoms with E-state index in [1.54, 1.807) is 0 Å². The van der Waals surface area contributed by atoms with Crippen LogP contribution in [0.3, 0.4) is 0 Å². The van der Waals surface area contributed by atoms with Crippen LogP contribution in [0, 0.1) is 5.92 Å². The van der Waals surface area contributed by atoms with Crippen molar-refractivity contribution in [3.05, 3.63) is 0 Å². The largest absolute Gasteiger partial charge is 0.477 e. The van der Waals surface area contributed by atoms with Crippen LogP contribution < -0.4 is 5.32 Å². The fourth-order valence-electron chi connectivity index (χ4n) is 2.44. The lowest BCUT2D eigenvalue weighted by Gasteiger charge is -2.45. The Morgan fingerprint density at radius 2 is 1.95 bits per heavy atom. The van der Waals surface area contributed by atoms with E-state index in [0.717, 1.165) is 0 Å². The minimum Gasteiger partial charge on any atom is -0.477 e. The maximum Gasteiger partial charge on any atom is 0.364 e. The maximum atomic E-state index is 11.3. The number of carbonyl (C=O) groups excluding carboxylic acids is 1. The van der Waals surface area contributed by atoms with Gasteiger partial charge in [-0.15, -0.1) is 0 Å². The summed E-state index contributed by atoms with van der Waals surface area (Å²) in [6.45, 7) is -0.164. The van der Waals surface area contributed by atoms with Gasteiger partial charge in [0, 0.05) is 6.42 Å². The molecule has 10 heteroatoms. The molecular formula is C12H21NO9. The zero-order chi connectivity index (χ0) is 17.1. The molecule has 6 atom stereocenters. The summed E-state index contributed by atoms with van der Waals surface area (Å²) in [5.41, 5.74) is 0. The Hall–Kier alpha value is -1.30. The number of carboxylic acid groups (broad SMARTS) is 1. The number of carboxylic acids is 1. The molecule has 1 fully saturated rings. The third-order valence-corrected chi connectivity index (χ3v) is 3.62. The van der Waals surface area contributed by atoms with Crippen LogP contribution in [0.1, 0.15) is 13.3 Å². The van der Waals surface area contributed by atoms with Crippen molar-refractivity contribution < 1.29 is 45.0 Å². The van der Waals surface area contributed by atoms with Crippen molar-refractivity contribution in [1.29, 1.82) is 0 Å². The molecule has 7 N–H and O–H groups in total. The van der Waals surface area contributed by atoms with Gasteiger partial charge in [0.15, 0.2) is 0 Å². The van der Waals surface area contributed by atoms with Gasteiger partial charge in [-0.3, -0.25) is 4.79 Å². The molecule has 128 valence electrons. The van der Waals surface area contributed by atoms with E-state index in [-0.39, 0.29) is 6.42 Å². The van der Waals surface area contributed by atoms with Crippen LogP contribution in [0.2, 0.25) is 0 Å². The lowest BCUT2D eigenvalue weighted by atomic mass is 9.83. The third kappa shape index (κ3) is 3.91. The van der Waals surface area contributed by atoms with Gasteiger partial charge in [0.1, 0.15) is 24.9 Å². The summed E-state index contributed by atoms with van der Waals surface area (Å²) in [5, 5.41) is 58.5. The molecule has 22 heavy (non-hydrogen) atoms. The lowest BCUT2D eigenvalue weighted by Crippen LogP contribution is -2.65. The Morgan fingerprint density at radius 1 is 1.36 bits per heavy atom. The molecule has 1 amide bonds. The van der Waals surface area contributed by atoms with E-state index in [9.17, 15) is 24.9 Å². The van der Waals surface area contributed by atoms with Gasteiger partial charge in [-0.2, -0.15) is 0 Å². The summed E-state index contributed by atoms with van der Waals surface area (Å²) in [7, 11) is 0. The fourth-order valence-corrected chi connectivity index (χ4v) is 2.44. The average Bonchev–Trinajstić information content (AvgIpc) is 2.47. The second-order valence-electron chi connectivity index (χ2n) is 5.35. The van der Waals surface area contributed by atoms with Crippen LogP contribution in [0.15, 0.2) is 0 Å². The number of aliphatic carboxylic acids is 1. The summed E-state index contributed by atoms with van der Waals surface area (Å²) < 4.78 is 4.99. The summed E-state index contributed by atoms with van der Waals surface area (Å²) >= 11 is 0. The Balaban J connectivity index is 3.07. The molecule has 0 saturated carbocycles. The Labute approximate surface area is 125 Å². The van der Waals surface area contributed by atoms with Crippen LogP contribution >= 0.6 is 0 Å². The highest BCUT2D eigenvalue weighted by molar-refractivity contribution is 5.78. The van der Waals surface area contributed by atoms with E-state index in [4.69, 9.17) is 20.1 Å². The van der Waals surface area contributed by atoms with Crippen molar-refractivity contribution >= 4 is 11.9 Å². The van der Waals surface area contributed by atoms with Crippen LogP contribution in [-0.2, 0) is 14.3 Å². The molecule has 0 spiro atoms. The molecule has 0 aromatic heterocycles. The van der Waals surface area contributed by atoms with Gasteiger partial charge < -0.3 is 40.7 Å². The van der Waals surface area contributed by atoms with E-state index < -0.39 is 61.1 Å².